The first-order valence-electron chi connectivity index (χ1n) is 8.08. The van der Waals surface area contributed by atoms with E-state index in [0.717, 1.165) is 6.42 Å². The van der Waals surface area contributed by atoms with Crippen LogP contribution in [0.3, 0.4) is 0 Å². The molecule has 1 fully saturated rings. The third-order valence-electron chi connectivity index (χ3n) is 4.49. The summed E-state index contributed by atoms with van der Waals surface area (Å²) in [4.78, 5) is 19.6. The lowest BCUT2D eigenvalue weighted by atomic mass is 10.2. The van der Waals surface area contributed by atoms with Gasteiger partial charge in [-0.1, -0.05) is 12.1 Å². The number of aliphatic hydroxyl groups is 1. The molecule has 1 saturated heterocycles. The van der Waals surface area contributed by atoms with Crippen molar-refractivity contribution in [2.75, 3.05) is 38.9 Å². The summed E-state index contributed by atoms with van der Waals surface area (Å²) in [6.07, 6.45) is 0.878. The van der Waals surface area contributed by atoms with E-state index in [1.54, 1.807) is 24.9 Å². The van der Waals surface area contributed by atoms with Gasteiger partial charge in [0.2, 0.25) is 5.95 Å². The van der Waals surface area contributed by atoms with Crippen LogP contribution in [-0.4, -0.2) is 60.8 Å². The van der Waals surface area contributed by atoms with Gasteiger partial charge in [0.15, 0.2) is 0 Å². The molecule has 24 heavy (non-hydrogen) atoms. The minimum Gasteiger partial charge on any atom is -0.395 e. The number of hydrogen-bond donors (Lipinski definition) is 1. The standard InChI is InChI=1S/C17H23N3O4/c1-23-11-12-9-13(24-2)10-20(12)17-18-15-6-4-3-5-14(15)16(22)19(17)7-8-21/h3-6,12-13,21H,7-11H2,1-2H3/t12-,13-/m0/s1. The predicted octanol–water partition coefficient (Wildman–Crippen LogP) is 0.629. The molecule has 1 N–H and O–H groups in total. The summed E-state index contributed by atoms with van der Waals surface area (Å²) >= 11 is 0. The SMILES string of the molecule is COC[C@@H]1C[C@H](OC)CN1c1nc2ccccc2c(=O)n1CCO. The van der Waals surface area contributed by atoms with Gasteiger partial charge in [0, 0.05) is 20.8 Å². The van der Waals surface area contributed by atoms with Crippen molar-refractivity contribution in [3.05, 3.63) is 34.6 Å². The van der Waals surface area contributed by atoms with Crippen molar-refractivity contribution in [3.63, 3.8) is 0 Å². The van der Waals surface area contributed by atoms with Crippen LogP contribution in [0, 0.1) is 0 Å². The van der Waals surface area contributed by atoms with E-state index < -0.39 is 0 Å². The van der Waals surface area contributed by atoms with Gasteiger partial charge < -0.3 is 19.5 Å². The minimum absolute atomic E-state index is 0.0658. The number of fused-ring (bicyclic) bond motifs is 1. The van der Waals surface area contributed by atoms with Crippen molar-refractivity contribution in [3.8, 4) is 0 Å². The van der Waals surface area contributed by atoms with Crippen LogP contribution in [-0.2, 0) is 16.0 Å². The van der Waals surface area contributed by atoms with Gasteiger partial charge in [-0.3, -0.25) is 9.36 Å². The molecular formula is C17H23N3O4. The van der Waals surface area contributed by atoms with E-state index in [9.17, 15) is 9.90 Å². The van der Waals surface area contributed by atoms with Crippen molar-refractivity contribution in [1.29, 1.82) is 0 Å². The Labute approximate surface area is 140 Å². The molecular weight excluding hydrogens is 310 g/mol. The zero-order valence-corrected chi connectivity index (χ0v) is 14.0. The number of aliphatic hydroxyl groups excluding tert-OH is 1. The number of aromatic nitrogens is 2. The molecule has 130 valence electrons. The number of rotatable bonds is 6. The molecule has 0 spiro atoms. The second kappa shape index (κ2) is 7.29. The molecule has 0 amide bonds. The van der Waals surface area contributed by atoms with E-state index in [-0.39, 0.29) is 30.9 Å². The van der Waals surface area contributed by atoms with Crippen LogP contribution in [0.1, 0.15) is 6.42 Å². The van der Waals surface area contributed by atoms with Gasteiger partial charge in [-0.25, -0.2) is 4.98 Å². The highest BCUT2D eigenvalue weighted by Crippen LogP contribution is 2.26. The Balaban J connectivity index is 2.12. The molecule has 7 heteroatoms. The Morgan fingerprint density at radius 3 is 2.83 bits per heavy atom. The van der Waals surface area contributed by atoms with Crippen LogP contribution in [0.4, 0.5) is 5.95 Å². The maximum absolute atomic E-state index is 12.8. The number of hydrogen-bond acceptors (Lipinski definition) is 6. The minimum atomic E-state index is -0.137. The molecule has 1 aromatic heterocycles. The average molecular weight is 333 g/mol. The lowest BCUT2D eigenvalue weighted by Crippen LogP contribution is -2.39. The third-order valence-corrected chi connectivity index (χ3v) is 4.49. The molecule has 0 radical (unpaired) electrons. The zero-order valence-electron chi connectivity index (χ0n) is 14.0. The molecule has 1 aromatic carbocycles. The number of nitrogens with zero attached hydrogens (tertiary/aromatic N) is 3. The van der Waals surface area contributed by atoms with Gasteiger partial charge in [0.1, 0.15) is 0 Å². The first kappa shape index (κ1) is 16.9. The number of methoxy groups -OCH3 is 2. The Bertz CT molecular complexity index is 761. The van der Waals surface area contributed by atoms with Crippen LogP contribution < -0.4 is 10.5 Å². The topological polar surface area (TPSA) is 76.8 Å². The molecule has 2 heterocycles. The van der Waals surface area contributed by atoms with Crippen LogP contribution >= 0.6 is 0 Å². The van der Waals surface area contributed by atoms with Crippen LogP contribution in [0.2, 0.25) is 0 Å². The first-order chi connectivity index (χ1) is 11.7. The summed E-state index contributed by atoms with van der Waals surface area (Å²) in [5.74, 6) is 0.564. The maximum atomic E-state index is 12.8. The Morgan fingerprint density at radius 2 is 2.12 bits per heavy atom. The maximum Gasteiger partial charge on any atom is 0.262 e. The predicted molar refractivity (Wildman–Crippen MR) is 91.5 cm³/mol. The van der Waals surface area contributed by atoms with Gasteiger partial charge in [-0.2, -0.15) is 0 Å². The van der Waals surface area contributed by atoms with Gasteiger partial charge >= 0.3 is 0 Å². The van der Waals surface area contributed by atoms with Gasteiger partial charge in [-0.15, -0.1) is 0 Å². The monoisotopic (exact) mass is 333 g/mol. The second-order valence-electron chi connectivity index (χ2n) is 5.96. The molecule has 2 atom stereocenters. The highest BCUT2D eigenvalue weighted by Gasteiger charge is 2.35. The summed E-state index contributed by atoms with van der Waals surface area (Å²) < 4.78 is 12.4. The highest BCUT2D eigenvalue weighted by molar-refractivity contribution is 5.78. The lowest BCUT2D eigenvalue weighted by molar-refractivity contribution is 0.111. The van der Waals surface area contributed by atoms with Crippen molar-refractivity contribution >= 4 is 16.9 Å². The molecule has 7 nitrogen and oxygen atoms in total. The van der Waals surface area contributed by atoms with Crippen LogP contribution in [0.5, 0.6) is 0 Å². The Morgan fingerprint density at radius 1 is 1.33 bits per heavy atom. The molecule has 0 bridgehead atoms. The molecule has 1 aliphatic rings. The number of para-hydroxylation sites is 1. The van der Waals surface area contributed by atoms with Gasteiger partial charge in [-0.05, 0) is 18.6 Å². The summed E-state index contributed by atoms with van der Waals surface area (Å²) in [5, 5.41) is 9.95. The smallest absolute Gasteiger partial charge is 0.262 e. The second-order valence-corrected chi connectivity index (χ2v) is 5.96. The Kier molecular flexibility index (Phi) is 5.13. The summed E-state index contributed by atoms with van der Waals surface area (Å²) in [6.45, 7) is 1.26. The Hall–Kier alpha value is -1.96. The number of ether oxygens (including phenoxy) is 2. The molecule has 3 rings (SSSR count). The van der Waals surface area contributed by atoms with E-state index in [1.807, 2.05) is 18.2 Å². The van der Waals surface area contributed by atoms with Crippen molar-refractivity contribution in [2.24, 2.45) is 0 Å². The number of anilines is 1. The van der Waals surface area contributed by atoms with Crippen LogP contribution in [0.15, 0.2) is 29.1 Å². The van der Waals surface area contributed by atoms with Crippen LogP contribution in [0.25, 0.3) is 10.9 Å². The number of benzene rings is 1. The van der Waals surface area contributed by atoms with E-state index in [1.165, 1.54) is 0 Å². The van der Waals surface area contributed by atoms with Crippen molar-refractivity contribution in [2.45, 2.75) is 25.1 Å². The first-order valence-corrected chi connectivity index (χ1v) is 8.08. The average Bonchev–Trinajstić information content (AvgIpc) is 3.01. The molecule has 1 aliphatic heterocycles. The van der Waals surface area contributed by atoms with E-state index in [0.29, 0.717) is 30.0 Å². The van der Waals surface area contributed by atoms with E-state index in [2.05, 4.69) is 4.90 Å². The zero-order chi connectivity index (χ0) is 17.1. The lowest BCUT2D eigenvalue weighted by Gasteiger charge is -2.27. The highest BCUT2D eigenvalue weighted by atomic mass is 16.5. The molecule has 0 saturated carbocycles. The summed E-state index contributed by atoms with van der Waals surface area (Å²) in [7, 11) is 3.35. The van der Waals surface area contributed by atoms with Gasteiger partial charge in [0.25, 0.3) is 5.56 Å². The van der Waals surface area contributed by atoms with E-state index in [4.69, 9.17) is 14.5 Å². The fourth-order valence-electron chi connectivity index (χ4n) is 3.32. The largest absolute Gasteiger partial charge is 0.395 e. The molecule has 0 unspecified atom stereocenters. The fraction of sp³-hybridized carbons (Fsp3) is 0.529. The quantitative estimate of drug-likeness (QED) is 0.835. The summed E-state index contributed by atoms with van der Waals surface area (Å²) in [5.41, 5.74) is 0.519. The van der Waals surface area contributed by atoms with Crippen molar-refractivity contribution in [1.82, 2.24) is 9.55 Å². The van der Waals surface area contributed by atoms with Gasteiger partial charge in [0.05, 0.1) is 42.8 Å². The van der Waals surface area contributed by atoms with Crippen molar-refractivity contribution < 1.29 is 14.6 Å². The normalized spacial score (nSPS) is 20.9. The molecule has 2 aromatic rings. The molecule has 0 aliphatic carbocycles. The summed E-state index contributed by atoms with van der Waals surface area (Å²) in [6, 6.07) is 7.36. The third kappa shape index (κ3) is 3.02. The fourth-order valence-corrected chi connectivity index (χ4v) is 3.32. The van der Waals surface area contributed by atoms with E-state index >= 15 is 0 Å².